The molecule has 27 heavy (non-hydrogen) atoms. The number of thiazole rings is 1. The van der Waals surface area contributed by atoms with E-state index >= 15 is 0 Å². The van der Waals surface area contributed by atoms with Crippen LogP contribution in [0.5, 0.6) is 0 Å². The highest BCUT2D eigenvalue weighted by Crippen LogP contribution is 2.38. The first kappa shape index (κ1) is 19.4. The molecule has 3 aromatic rings. The molecule has 0 bridgehead atoms. The third-order valence-corrected chi connectivity index (χ3v) is 5.73. The molecular weight excluding hydrogens is 395 g/mol. The second-order valence-corrected chi connectivity index (χ2v) is 7.80. The smallest absolute Gasteiger partial charge is 0.378 e. The number of rotatable bonds is 4. The molecule has 4 nitrogen and oxygen atoms in total. The lowest BCUT2D eigenvalue weighted by atomic mass is 10.1. The summed E-state index contributed by atoms with van der Waals surface area (Å²) in [5.41, 5.74) is 0.606. The predicted molar refractivity (Wildman–Crippen MR) is 104 cm³/mol. The van der Waals surface area contributed by atoms with Gasteiger partial charge in [-0.15, -0.1) is 11.3 Å². The van der Waals surface area contributed by atoms with Crippen LogP contribution in [0, 0.1) is 6.92 Å². The fraction of sp³-hybridized carbons (Fsp3) is 0.222. The molecule has 0 spiro atoms. The van der Waals surface area contributed by atoms with Crippen molar-refractivity contribution >= 4 is 40.0 Å². The summed E-state index contributed by atoms with van der Waals surface area (Å²) >= 11 is 2.67. The molecule has 0 aliphatic rings. The van der Waals surface area contributed by atoms with Crippen molar-refractivity contribution in [3.63, 3.8) is 0 Å². The largest absolute Gasteiger partial charge is 0.418 e. The summed E-state index contributed by atoms with van der Waals surface area (Å²) in [6.45, 7) is 1.67. The van der Waals surface area contributed by atoms with Gasteiger partial charge in [-0.25, -0.2) is 4.98 Å². The van der Waals surface area contributed by atoms with Gasteiger partial charge in [-0.1, -0.05) is 0 Å². The number of hydrogen-bond donors (Lipinski definition) is 1. The van der Waals surface area contributed by atoms with Crippen LogP contribution in [0.4, 0.5) is 24.5 Å². The number of carbonyl (C=O) groups is 1. The van der Waals surface area contributed by atoms with Gasteiger partial charge in [0, 0.05) is 30.7 Å². The average molecular weight is 411 g/mol. The van der Waals surface area contributed by atoms with Crippen LogP contribution in [0.25, 0.3) is 10.6 Å². The summed E-state index contributed by atoms with van der Waals surface area (Å²) in [6.07, 6.45) is -4.58. The summed E-state index contributed by atoms with van der Waals surface area (Å²) in [7, 11) is 3.31. The van der Waals surface area contributed by atoms with Crippen molar-refractivity contribution < 1.29 is 18.0 Å². The number of nitrogens with zero attached hydrogens (tertiary/aromatic N) is 2. The Morgan fingerprint density at radius 2 is 1.96 bits per heavy atom. The van der Waals surface area contributed by atoms with Gasteiger partial charge in [0.25, 0.3) is 5.91 Å². The van der Waals surface area contributed by atoms with E-state index in [1.807, 2.05) is 16.8 Å². The Bertz CT molecular complexity index is 963. The van der Waals surface area contributed by atoms with Crippen molar-refractivity contribution in [1.29, 1.82) is 0 Å². The molecule has 0 atom stereocenters. The third-order valence-electron chi connectivity index (χ3n) is 3.84. The minimum atomic E-state index is -4.58. The summed E-state index contributed by atoms with van der Waals surface area (Å²) in [5, 5.41) is 6.86. The minimum Gasteiger partial charge on any atom is -0.378 e. The molecular formula is C18H16F3N3OS2. The number of halogens is 3. The Morgan fingerprint density at radius 3 is 2.56 bits per heavy atom. The van der Waals surface area contributed by atoms with Crippen LogP contribution in [0.2, 0.25) is 0 Å². The van der Waals surface area contributed by atoms with Crippen molar-refractivity contribution in [2.24, 2.45) is 0 Å². The summed E-state index contributed by atoms with van der Waals surface area (Å²) < 4.78 is 40.3. The second kappa shape index (κ2) is 7.32. The minimum absolute atomic E-state index is 0.275. The number of amides is 1. The molecule has 0 aliphatic carbocycles. The topological polar surface area (TPSA) is 45.2 Å². The number of benzene rings is 1. The van der Waals surface area contributed by atoms with Crippen molar-refractivity contribution in [3.05, 3.63) is 51.2 Å². The number of carbonyl (C=O) groups excluding carboxylic acids is 1. The van der Waals surface area contributed by atoms with Crippen molar-refractivity contribution in [1.82, 2.24) is 4.98 Å². The van der Waals surface area contributed by atoms with E-state index in [0.29, 0.717) is 21.3 Å². The van der Waals surface area contributed by atoms with Gasteiger partial charge >= 0.3 is 6.18 Å². The maximum absolute atomic E-state index is 13.4. The quantitative estimate of drug-likeness (QED) is 0.615. The Balaban J connectivity index is 1.92. The summed E-state index contributed by atoms with van der Waals surface area (Å²) in [5.74, 6) is -0.602. The number of hydrogen-bond acceptors (Lipinski definition) is 5. The highest BCUT2D eigenvalue weighted by Gasteiger charge is 2.34. The maximum Gasteiger partial charge on any atom is 0.418 e. The van der Waals surface area contributed by atoms with Gasteiger partial charge in [-0.2, -0.15) is 24.5 Å². The van der Waals surface area contributed by atoms with Crippen molar-refractivity contribution in [2.45, 2.75) is 13.1 Å². The van der Waals surface area contributed by atoms with E-state index in [4.69, 9.17) is 0 Å². The van der Waals surface area contributed by atoms with Gasteiger partial charge in [0.15, 0.2) is 0 Å². The van der Waals surface area contributed by atoms with Crippen LogP contribution in [0.1, 0.15) is 20.9 Å². The molecule has 0 saturated heterocycles. The zero-order valence-electron chi connectivity index (χ0n) is 14.7. The number of aromatic nitrogens is 1. The van der Waals surface area contributed by atoms with Crippen LogP contribution in [-0.4, -0.2) is 25.0 Å². The Labute approximate surface area is 162 Å². The summed E-state index contributed by atoms with van der Waals surface area (Å²) in [4.78, 5) is 18.8. The molecule has 9 heteroatoms. The second-order valence-electron chi connectivity index (χ2n) is 6.02. The monoisotopic (exact) mass is 411 g/mol. The maximum atomic E-state index is 13.4. The molecule has 0 radical (unpaired) electrons. The van der Waals surface area contributed by atoms with Gasteiger partial charge in [0.05, 0.1) is 16.9 Å². The van der Waals surface area contributed by atoms with Gasteiger partial charge in [-0.05, 0) is 36.6 Å². The number of alkyl halides is 3. The van der Waals surface area contributed by atoms with E-state index in [9.17, 15) is 18.0 Å². The fourth-order valence-corrected chi connectivity index (χ4v) is 4.12. The van der Waals surface area contributed by atoms with Gasteiger partial charge in [-0.3, -0.25) is 4.79 Å². The molecule has 0 aliphatic heterocycles. The standard InChI is InChI=1S/C18H16F3N3OS2/c1-10-15(27-17(22-10)11-6-7-26-9-11)16(25)23-14-5-4-12(24(2)3)8-13(14)18(19,20)21/h4-9H,1-3H3,(H,23,25). The van der Waals surface area contributed by atoms with Gasteiger partial charge in [0.2, 0.25) is 0 Å². The van der Waals surface area contributed by atoms with E-state index < -0.39 is 17.6 Å². The van der Waals surface area contributed by atoms with E-state index in [1.165, 1.54) is 23.5 Å². The zero-order valence-corrected chi connectivity index (χ0v) is 16.4. The first-order valence-electron chi connectivity index (χ1n) is 7.86. The van der Waals surface area contributed by atoms with Gasteiger partial charge < -0.3 is 10.2 Å². The average Bonchev–Trinajstić information content (AvgIpc) is 3.23. The lowest BCUT2D eigenvalue weighted by molar-refractivity contribution is -0.136. The van der Waals surface area contributed by atoms with Crippen molar-refractivity contribution in [3.8, 4) is 10.6 Å². The molecule has 0 unspecified atom stereocenters. The lowest BCUT2D eigenvalue weighted by Crippen LogP contribution is -2.18. The van der Waals surface area contributed by atoms with E-state index in [0.717, 1.165) is 23.0 Å². The van der Waals surface area contributed by atoms with Crippen LogP contribution in [0.15, 0.2) is 35.0 Å². The molecule has 1 aromatic carbocycles. The van der Waals surface area contributed by atoms with Crippen LogP contribution in [0.3, 0.4) is 0 Å². The normalized spacial score (nSPS) is 11.5. The van der Waals surface area contributed by atoms with E-state index in [2.05, 4.69) is 10.3 Å². The predicted octanol–water partition coefficient (Wildman–Crippen LogP) is 5.52. The molecule has 2 aromatic heterocycles. The van der Waals surface area contributed by atoms with Crippen molar-refractivity contribution in [2.75, 3.05) is 24.3 Å². The molecule has 1 N–H and O–H groups in total. The van der Waals surface area contributed by atoms with E-state index in [-0.39, 0.29) is 5.69 Å². The molecule has 0 fully saturated rings. The fourth-order valence-electron chi connectivity index (χ4n) is 2.45. The molecule has 2 heterocycles. The SMILES string of the molecule is Cc1nc(-c2ccsc2)sc1C(=O)Nc1ccc(N(C)C)cc1C(F)(F)F. The Morgan fingerprint density at radius 1 is 1.22 bits per heavy atom. The number of nitrogens with one attached hydrogen (secondary N) is 1. The molecule has 142 valence electrons. The van der Waals surface area contributed by atoms with Crippen LogP contribution in [-0.2, 0) is 6.18 Å². The number of thiophene rings is 1. The molecule has 0 saturated carbocycles. The first-order chi connectivity index (χ1) is 12.7. The molecule has 1 amide bonds. The lowest BCUT2D eigenvalue weighted by Gasteiger charge is -2.18. The highest BCUT2D eigenvalue weighted by atomic mass is 32.1. The third kappa shape index (κ3) is 4.14. The van der Waals surface area contributed by atoms with Gasteiger partial charge in [0.1, 0.15) is 9.88 Å². The van der Waals surface area contributed by atoms with Crippen LogP contribution < -0.4 is 10.2 Å². The highest BCUT2D eigenvalue weighted by molar-refractivity contribution is 7.17. The number of aryl methyl sites for hydroxylation is 1. The van der Waals surface area contributed by atoms with E-state index in [1.54, 1.807) is 25.9 Å². The first-order valence-corrected chi connectivity index (χ1v) is 9.62. The Hall–Kier alpha value is -2.39. The summed E-state index contributed by atoms with van der Waals surface area (Å²) in [6, 6.07) is 5.70. The molecule has 3 rings (SSSR count). The van der Waals surface area contributed by atoms with Crippen LogP contribution >= 0.6 is 22.7 Å². The number of anilines is 2. The zero-order chi connectivity index (χ0) is 19.8. The Kier molecular flexibility index (Phi) is 5.25.